The van der Waals surface area contributed by atoms with E-state index in [1.54, 1.807) is 0 Å². The molecule has 112 valence electrons. The van der Waals surface area contributed by atoms with E-state index in [1.165, 1.54) is 19.3 Å². The molecule has 2 heterocycles. The highest BCUT2D eigenvalue weighted by Gasteiger charge is 2.23. The molecule has 0 amide bonds. The molecular weight excluding hydrogens is 248 g/mol. The predicted octanol–water partition coefficient (Wildman–Crippen LogP) is 2.99. The zero-order valence-corrected chi connectivity index (χ0v) is 13.3. The van der Waals surface area contributed by atoms with E-state index >= 15 is 0 Å². The van der Waals surface area contributed by atoms with E-state index in [2.05, 4.69) is 42.9 Å². The summed E-state index contributed by atoms with van der Waals surface area (Å²) in [6.07, 6.45) is 7.66. The molecule has 0 spiro atoms. The van der Waals surface area contributed by atoms with Crippen molar-refractivity contribution >= 4 is 5.82 Å². The molecule has 4 heteroatoms. The number of aromatic nitrogens is 2. The van der Waals surface area contributed by atoms with Gasteiger partial charge in [0, 0.05) is 31.4 Å². The number of hydrogen-bond donors (Lipinski definition) is 1. The Bertz CT molecular complexity index is 425. The first kappa shape index (κ1) is 15.2. The first-order chi connectivity index (χ1) is 9.48. The summed E-state index contributed by atoms with van der Waals surface area (Å²) in [5.41, 5.74) is 1.13. The van der Waals surface area contributed by atoms with Crippen molar-refractivity contribution in [2.75, 3.05) is 18.0 Å². The molecule has 1 unspecified atom stereocenters. The molecule has 1 aliphatic heterocycles. The number of hydrogen-bond acceptors (Lipinski definition) is 4. The van der Waals surface area contributed by atoms with Crippen molar-refractivity contribution in [3.8, 4) is 0 Å². The van der Waals surface area contributed by atoms with Crippen molar-refractivity contribution in [1.82, 2.24) is 15.3 Å². The van der Waals surface area contributed by atoms with Gasteiger partial charge < -0.3 is 10.2 Å². The lowest BCUT2D eigenvalue weighted by molar-refractivity contribution is 0.421. The van der Waals surface area contributed by atoms with E-state index in [0.29, 0.717) is 0 Å². The summed E-state index contributed by atoms with van der Waals surface area (Å²) >= 11 is 0. The van der Waals surface area contributed by atoms with Crippen molar-refractivity contribution in [3.05, 3.63) is 18.1 Å². The summed E-state index contributed by atoms with van der Waals surface area (Å²) < 4.78 is 0. The van der Waals surface area contributed by atoms with Gasteiger partial charge in [-0.25, -0.2) is 4.98 Å². The minimum Gasteiger partial charge on any atom is -0.355 e. The first-order valence-corrected chi connectivity index (χ1v) is 7.79. The summed E-state index contributed by atoms with van der Waals surface area (Å²) in [4.78, 5) is 11.5. The Balaban J connectivity index is 1.96. The third-order valence-electron chi connectivity index (χ3n) is 3.78. The van der Waals surface area contributed by atoms with E-state index in [-0.39, 0.29) is 5.54 Å². The lowest BCUT2D eigenvalue weighted by Crippen LogP contribution is -2.35. The SMILES string of the molecule is CCCC1CCN(c2cncc(CNC(C)(C)C)n2)C1. The average Bonchev–Trinajstić information content (AvgIpc) is 2.85. The maximum Gasteiger partial charge on any atom is 0.147 e. The van der Waals surface area contributed by atoms with Crippen LogP contribution in [0.5, 0.6) is 0 Å². The Kier molecular flexibility index (Phi) is 4.97. The van der Waals surface area contributed by atoms with Gasteiger partial charge in [-0.05, 0) is 39.5 Å². The van der Waals surface area contributed by atoms with E-state index < -0.39 is 0 Å². The third kappa shape index (κ3) is 4.44. The topological polar surface area (TPSA) is 41.1 Å². The van der Waals surface area contributed by atoms with E-state index in [4.69, 9.17) is 4.98 Å². The number of nitrogens with one attached hydrogen (secondary N) is 1. The molecule has 1 fully saturated rings. The fraction of sp³-hybridized carbons (Fsp3) is 0.750. The lowest BCUT2D eigenvalue weighted by Gasteiger charge is -2.21. The summed E-state index contributed by atoms with van der Waals surface area (Å²) in [7, 11) is 0. The van der Waals surface area contributed by atoms with Crippen LogP contribution in [0.4, 0.5) is 5.82 Å². The van der Waals surface area contributed by atoms with E-state index in [9.17, 15) is 0 Å². The highest BCUT2D eigenvalue weighted by Crippen LogP contribution is 2.24. The second-order valence-electron chi connectivity index (χ2n) is 6.86. The summed E-state index contributed by atoms with van der Waals surface area (Å²) in [6, 6.07) is 0. The molecule has 0 aromatic carbocycles. The molecule has 1 atom stereocenters. The highest BCUT2D eigenvalue weighted by atomic mass is 15.2. The minimum atomic E-state index is 0.109. The molecular formula is C16H28N4. The van der Waals surface area contributed by atoms with Crippen LogP contribution >= 0.6 is 0 Å². The maximum absolute atomic E-state index is 4.75. The van der Waals surface area contributed by atoms with Gasteiger partial charge in [0.2, 0.25) is 0 Å². The zero-order valence-electron chi connectivity index (χ0n) is 13.3. The number of nitrogens with zero attached hydrogens (tertiary/aromatic N) is 3. The summed E-state index contributed by atoms with van der Waals surface area (Å²) in [6.45, 7) is 11.8. The Hall–Kier alpha value is -1.16. The Morgan fingerprint density at radius 3 is 2.85 bits per heavy atom. The van der Waals surface area contributed by atoms with Crippen LogP contribution in [-0.4, -0.2) is 28.6 Å². The van der Waals surface area contributed by atoms with E-state index in [1.807, 2.05) is 12.4 Å². The van der Waals surface area contributed by atoms with Gasteiger partial charge in [-0.15, -0.1) is 0 Å². The third-order valence-corrected chi connectivity index (χ3v) is 3.78. The minimum absolute atomic E-state index is 0.109. The zero-order chi connectivity index (χ0) is 14.6. The second kappa shape index (κ2) is 6.53. The molecule has 1 saturated heterocycles. The molecule has 0 bridgehead atoms. The summed E-state index contributed by atoms with van der Waals surface area (Å²) in [5, 5.41) is 3.46. The molecule has 20 heavy (non-hydrogen) atoms. The molecule has 0 radical (unpaired) electrons. The van der Waals surface area contributed by atoms with Crippen molar-refractivity contribution in [2.45, 2.75) is 59.0 Å². The van der Waals surface area contributed by atoms with Crippen LogP contribution in [0, 0.1) is 5.92 Å². The lowest BCUT2D eigenvalue weighted by atomic mass is 10.0. The Morgan fingerprint density at radius 2 is 2.15 bits per heavy atom. The molecule has 1 aliphatic rings. The highest BCUT2D eigenvalue weighted by molar-refractivity contribution is 5.37. The Labute approximate surface area is 123 Å². The van der Waals surface area contributed by atoms with Crippen LogP contribution in [0.3, 0.4) is 0 Å². The number of rotatable bonds is 5. The summed E-state index contributed by atoms with van der Waals surface area (Å²) in [5.74, 6) is 1.87. The van der Waals surface area contributed by atoms with Gasteiger partial charge in [-0.3, -0.25) is 4.98 Å². The molecule has 0 aliphatic carbocycles. The maximum atomic E-state index is 4.75. The van der Waals surface area contributed by atoms with Crippen molar-refractivity contribution in [3.63, 3.8) is 0 Å². The van der Waals surface area contributed by atoms with Gasteiger partial charge in [0.1, 0.15) is 5.82 Å². The van der Waals surface area contributed by atoms with Gasteiger partial charge in [0.15, 0.2) is 0 Å². The quantitative estimate of drug-likeness (QED) is 0.897. The molecule has 2 rings (SSSR count). The normalized spacial score (nSPS) is 19.6. The van der Waals surface area contributed by atoms with Gasteiger partial charge in [0.05, 0.1) is 11.9 Å². The van der Waals surface area contributed by atoms with Crippen LogP contribution in [0.1, 0.15) is 52.7 Å². The average molecular weight is 276 g/mol. The number of anilines is 1. The fourth-order valence-corrected chi connectivity index (χ4v) is 2.67. The largest absolute Gasteiger partial charge is 0.355 e. The van der Waals surface area contributed by atoms with Gasteiger partial charge in [0.25, 0.3) is 0 Å². The van der Waals surface area contributed by atoms with Gasteiger partial charge >= 0.3 is 0 Å². The van der Waals surface area contributed by atoms with Gasteiger partial charge in [-0.1, -0.05) is 13.3 Å². The van der Waals surface area contributed by atoms with E-state index in [0.717, 1.165) is 37.1 Å². The standard InChI is InChI=1S/C16H28N4/c1-5-6-13-7-8-20(12-13)15-11-17-9-14(19-15)10-18-16(2,3)4/h9,11,13,18H,5-8,10,12H2,1-4H3. The second-order valence-corrected chi connectivity index (χ2v) is 6.86. The van der Waals surface area contributed by atoms with Crippen LogP contribution in [0.15, 0.2) is 12.4 Å². The van der Waals surface area contributed by atoms with Crippen LogP contribution in [0.2, 0.25) is 0 Å². The molecule has 1 aromatic heterocycles. The molecule has 1 N–H and O–H groups in total. The monoisotopic (exact) mass is 276 g/mol. The predicted molar refractivity (Wildman–Crippen MR) is 83.9 cm³/mol. The fourth-order valence-electron chi connectivity index (χ4n) is 2.67. The molecule has 1 aromatic rings. The van der Waals surface area contributed by atoms with Crippen LogP contribution < -0.4 is 10.2 Å². The van der Waals surface area contributed by atoms with Gasteiger partial charge in [-0.2, -0.15) is 0 Å². The molecule has 4 nitrogen and oxygen atoms in total. The van der Waals surface area contributed by atoms with Crippen molar-refractivity contribution in [2.24, 2.45) is 5.92 Å². The molecule has 0 saturated carbocycles. The smallest absolute Gasteiger partial charge is 0.147 e. The Morgan fingerprint density at radius 1 is 1.35 bits per heavy atom. The first-order valence-electron chi connectivity index (χ1n) is 7.79. The van der Waals surface area contributed by atoms with Crippen molar-refractivity contribution in [1.29, 1.82) is 0 Å². The van der Waals surface area contributed by atoms with Crippen LogP contribution in [-0.2, 0) is 6.54 Å². The van der Waals surface area contributed by atoms with Crippen LogP contribution in [0.25, 0.3) is 0 Å². The van der Waals surface area contributed by atoms with Crippen molar-refractivity contribution < 1.29 is 0 Å².